The second-order valence-corrected chi connectivity index (χ2v) is 48.2. The van der Waals surface area contributed by atoms with Crippen LogP contribution >= 0.6 is 0 Å². The number of aliphatic hydroxyl groups is 1. The Bertz CT molecular complexity index is 7290. The molecule has 27 heteroatoms. The molecular weight excluding hydrogens is 1810 g/mol. The van der Waals surface area contributed by atoms with Crippen LogP contribution in [0.2, 0.25) is 0 Å². The Morgan fingerprint density at radius 2 is 0.775 bits per heavy atom. The Morgan fingerprint density at radius 3 is 1.18 bits per heavy atom. The molecule has 4 amide bonds. The summed E-state index contributed by atoms with van der Waals surface area (Å²) in [6.07, 6.45) is 17.1. The molecule has 10 aromatic rings. The number of rotatable bonds is 5. The molecular formula is C115H128N12O14S. The molecule has 0 radical (unpaired) electrons. The molecule has 738 valence electrons. The van der Waals surface area contributed by atoms with Crippen LogP contribution in [0, 0.1) is 23.7 Å². The van der Waals surface area contributed by atoms with Gasteiger partial charge in [-0.2, -0.15) is 0 Å². The lowest BCUT2D eigenvalue weighted by Gasteiger charge is -2.63. The number of phenols is 4. The Kier molecular flexibility index (Phi) is 22.2. The number of aromatic hydroxyl groups is 4. The van der Waals surface area contributed by atoms with Gasteiger partial charge in [-0.05, 0) is 378 Å². The van der Waals surface area contributed by atoms with Gasteiger partial charge in [-0.1, -0.05) is 79.7 Å². The zero-order valence-electron chi connectivity index (χ0n) is 82.0. The molecule has 142 heavy (non-hydrogen) atoms. The van der Waals surface area contributed by atoms with Crippen molar-refractivity contribution in [1.82, 2.24) is 58.7 Å². The van der Waals surface area contributed by atoms with E-state index in [1.807, 2.05) is 109 Å². The van der Waals surface area contributed by atoms with Crippen LogP contribution in [-0.2, 0) is 141 Å². The van der Waals surface area contributed by atoms with Gasteiger partial charge in [0.2, 0.25) is 0 Å². The van der Waals surface area contributed by atoms with Gasteiger partial charge in [0.1, 0.15) is 45.3 Å². The van der Waals surface area contributed by atoms with E-state index in [9.17, 15) is 68.1 Å². The van der Waals surface area contributed by atoms with Crippen molar-refractivity contribution in [2.24, 2.45) is 23.7 Å². The SMILES string of the molecule is C=S1(=O)CCN(C(=O)c2cc3c([nH]c2=O)C[C@]24CCN(C)[C@H](Cc5ccc(O)cc52)[C@@H]4C3)CC1.CC1C[C@H]2CC[C@@H](C1)N2C(=O)c1cc2c([nH]c1=O)C[C@]13CCN(C)[C@H](Cc4ccc(O)cc41)[C@@H]3C2.CCn1c2c(cc(C(=O)N3Cc4ccccc4C3)c1=O)C[C@@]1(O)[C@H]3Cc4ccc(O)cc4[C@@]1(CCN3C)C2.CN1CC[C@]23Cc4[nH]c(=O)c(C(=O)N5Cc6ccccc6C5)cc4C[C@H]2[C@H]1Cc1ccc(O)cc13. The number of piperidine rings is 5. The van der Waals surface area contributed by atoms with Gasteiger partial charge in [-0.25, -0.2) is 0 Å². The number of pyridine rings is 4. The van der Waals surface area contributed by atoms with Crippen molar-refractivity contribution in [2.45, 2.75) is 238 Å². The van der Waals surface area contributed by atoms with Crippen LogP contribution in [0.4, 0.5) is 0 Å². The van der Waals surface area contributed by atoms with Crippen LogP contribution in [0.25, 0.3) is 0 Å². The molecule has 0 spiro atoms. The van der Waals surface area contributed by atoms with Gasteiger partial charge in [-0.3, -0.25) is 42.6 Å². The normalized spacial score (nSPS) is 29.6. The minimum Gasteiger partial charge on any atom is -0.508 e. The number of nitrogens with one attached hydrogen (secondary N) is 3. The first kappa shape index (κ1) is 92.4. The first-order chi connectivity index (χ1) is 68.2. The number of likely N-dealkylation sites (N-methyl/N-ethyl adjacent to an activating group) is 4. The van der Waals surface area contributed by atoms with Gasteiger partial charge in [0, 0.05) is 151 Å². The van der Waals surface area contributed by atoms with Crippen LogP contribution in [-0.4, -0.2) is 239 Å². The predicted molar refractivity (Wildman–Crippen MR) is 543 cm³/mol. The highest BCUT2D eigenvalue weighted by atomic mass is 32.2. The number of aromatic nitrogens is 4. The summed E-state index contributed by atoms with van der Waals surface area (Å²) in [5.41, 5.74) is 20.1. The zero-order chi connectivity index (χ0) is 98.2. The van der Waals surface area contributed by atoms with E-state index < -0.39 is 20.5 Å². The van der Waals surface area contributed by atoms with Crippen molar-refractivity contribution in [3.05, 3.63) is 321 Å². The van der Waals surface area contributed by atoms with Crippen molar-refractivity contribution in [1.29, 1.82) is 0 Å². The quantitative estimate of drug-likeness (QED) is 0.0742. The molecule has 8 aliphatic carbocycles. The zero-order valence-corrected chi connectivity index (χ0v) is 82.8. The monoisotopic (exact) mass is 1930 g/mol. The van der Waals surface area contributed by atoms with E-state index in [2.05, 4.69) is 93.7 Å². The Labute approximate surface area is 826 Å². The topological polar surface area (TPSA) is 333 Å². The molecule has 7 fully saturated rings. The van der Waals surface area contributed by atoms with Gasteiger partial charge in [0.05, 0.1) is 5.60 Å². The third kappa shape index (κ3) is 14.7. The number of phenolic OH excluding ortho intramolecular Hbond substituents is 4. The van der Waals surface area contributed by atoms with Crippen molar-refractivity contribution in [3.63, 3.8) is 0 Å². The molecule has 10 bridgehead atoms. The third-order valence-electron chi connectivity index (χ3n) is 38.3. The van der Waals surface area contributed by atoms with E-state index in [4.69, 9.17) is 0 Å². The molecule has 9 aliphatic heterocycles. The lowest BCUT2D eigenvalue weighted by atomic mass is 9.49. The third-order valence-corrected chi connectivity index (χ3v) is 40.1. The van der Waals surface area contributed by atoms with Crippen LogP contribution in [0.15, 0.2) is 165 Å². The molecule has 4 aromatic heterocycles. The summed E-state index contributed by atoms with van der Waals surface area (Å²) in [6.45, 7) is 11.3. The highest BCUT2D eigenvalue weighted by Gasteiger charge is 2.66. The fourth-order valence-corrected chi connectivity index (χ4v) is 32.3. The van der Waals surface area contributed by atoms with Gasteiger partial charge >= 0.3 is 0 Å². The lowest BCUT2D eigenvalue weighted by molar-refractivity contribution is -0.145. The summed E-state index contributed by atoms with van der Waals surface area (Å²) in [4.78, 5) is 134. The number of carbonyl (C=O) groups is 4. The largest absolute Gasteiger partial charge is 0.508 e. The predicted octanol–water partition coefficient (Wildman–Crippen LogP) is 10.5. The summed E-state index contributed by atoms with van der Waals surface area (Å²) in [6, 6.07) is 48.2. The number of H-pyrrole nitrogens is 3. The number of hydrogen-bond acceptors (Lipinski definition) is 18. The highest BCUT2D eigenvalue weighted by molar-refractivity contribution is 8.00. The van der Waals surface area contributed by atoms with Crippen molar-refractivity contribution in [3.8, 4) is 23.0 Å². The van der Waals surface area contributed by atoms with Crippen LogP contribution in [0.5, 0.6) is 23.0 Å². The maximum absolute atomic E-state index is 13.8. The number of benzene rings is 6. The van der Waals surface area contributed by atoms with Gasteiger partial charge in [-0.15, -0.1) is 0 Å². The number of hydrogen-bond donors (Lipinski definition) is 8. The van der Waals surface area contributed by atoms with Gasteiger partial charge in [0.15, 0.2) is 0 Å². The van der Waals surface area contributed by atoms with Crippen LogP contribution in [0.3, 0.4) is 0 Å². The van der Waals surface area contributed by atoms with Crippen molar-refractivity contribution >= 4 is 39.0 Å². The average molecular weight is 1930 g/mol. The second-order valence-electron chi connectivity index (χ2n) is 45.4. The maximum Gasteiger partial charge on any atom is 0.263 e. The number of aromatic amines is 3. The minimum atomic E-state index is -2.11. The fourth-order valence-electron chi connectivity index (χ4n) is 31.0. The number of carbonyl (C=O) groups excluding carboxylic acids is 4. The number of nitrogens with zero attached hydrogens (tertiary/aromatic N) is 9. The van der Waals surface area contributed by atoms with E-state index in [-0.39, 0.29) is 108 Å². The minimum absolute atomic E-state index is 0.0649. The number of likely N-dealkylation sites (tertiary alicyclic amines) is 4. The molecule has 17 aliphatic rings. The number of amides is 4. The van der Waals surface area contributed by atoms with Crippen LogP contribution < -0.4 is 22.2 Å². The molecule has 1 unspecified atom stereocenters. The van der Waals surface area contributed by atoms with E-state index in [0.717, 1.165) is 207 Å². The molecule has 15 atom stereocenters. The molecule has 0 saturated carbocycles. The van der Waals surface area contributed by atoms with Crippen molar-refractivity contribution < 1.29 is 48.9 Å². The summed E-state index contributed by atoms with van der Waals surface area (Å²) >= 11 is 0. The average Bonchev–Trinajstić information content (AvgIpc) is 0.726. The Morgan fingerprint density at radius 1 is 0.408 bits per heavy atom. The molecule has 8 N–H and O–H groups in total. The Balaban J connectivity index is 0.000000102. The van der Waals surface area contributed by atoms with E-state index in [1.165, 1.54) is 33.4 Å². The first-order valence-electron chi connectivity index (χ1n) is 51.7. The van der Waals surface area contributed by atoms with E-state index in [0.29, 0.717) is 142 Å². The van der Waals surface area contributed by atoms with Gasteiger partial charge < -0.3 is 84.3 Å². The van der Waals surface area contributed by atoms with Crippen LogP contribution in [0.1, 0.15) is 218 Å². The Hall–Kier alpha value is -12.0. The molecule has 27 rings (SSSR count). The summed E-state index contributed by atoms with van der Waals surface area (Å²) in [5, 5.41) is 54.0. The summed E-state index contributed by atoms with van der Waals surface area (Å²) < 4.78 is 14.0. The second kappa shape index (κ2) is 34.1. The standard InChI is InChI=1S/C31H33N3O4.C29H35N3O3.C29H29N3O3.C26H31N3O4S/c1-3-34-26-16-30-10-11-32(2)27(13-19-8-9-23(35)14-25(19)30)31(30,38)15-22(26)12-24(29(34)37)28(36)33-17-20-6-4-5-7-21(20)18-33;1-16-9-19-4-5-20(10-16)32(19)28(35)22-11-18-12-24-26-13-17-3-6-21(33)14-23(17)29(24,7-8-31(26)2)15-25(18)30-27(22)34;1-31-9-8-29-14-25-20(11-24(29)26(31)12-17-6-7-21(33)13-23(17)29)10-22(27(34)30-25)28(35)32-15-18-4-2-3-5-19(18)16-32;1-28-6-5-26-15-22-17(12-21(26)23(28)13-16-3-4-18(30)14-20(16)26)11-19(24(31)27-22)25(32)29-7-9-34(2,33)10-8-29/h4-9,12,14,27,35,38H,3,10-11,13,15-18H2,1-2H3;3,6,11,14,16,19-20,24,26,33H,4-5,7-10,12-13,15H2,1-2H3,(H,30,34);2-7,10,13,24,26,33H,8-9,11-12,14-16H2,1H3,(H,30,34);3-4,11,14,21,23,30H,2,5-10,12-13,15H2,1H3,(H,27,31)/t27-,30-,31-;16?,19-,20+,24-,26+,29+;24-,26+,29+;21-,23+,26+/m1000/s1. The smallest absolute Gasteiger partial charge is 0.263 e. The van der Waals surface area contributed by atoms with Crippen molar-refractivity contribution in [2.75, 3.05) is 79.0 Å². The van der Waals surface area contributed by atoms with E-state index >= 15 is 0 Å². The molecule has 6 aromatic carbocycles. The maximum atomic E-state index is 13.8. The highest BCUT2D eigenvalue weighted by Crippen LogP contribution is 2.61. The lowest BCUT2D eigenvalue weighted by Crippen LogP contribution is -2.73. The molecule has 7 saturated heterocycles. The van der Waals surface area contributed by atoms with Gasteiger partial charge in [0.25, 0.3) is 45.9 Å². The summed E-state index contributed by atoms with van der Waals surface area (Å²) in [5.74, 6) is 6.65. The molecule has 26 nitrogen and oxygen atoms in total. The first-order valence-corrected chi connectivity index (χ1v) is 53.8. The number of fused-ring (bicyclic) bond motifs is 12. The summed E-state index contributed by atoms with van der Waals surface area (Å²) in [7, 11) is 6.58. The fraction of sp³-hybridized carbons (Fsp3) is 0.470. The van der Waals surface area contributed by atoms with E-state index in [1.54, 1.807) is 49.6 Å². The molecule has 13 heterocycles.